The number of guanidine groups is 1. The van der Waals surface area contributed by atoms with Gasteiger partial charge in [0.15, 0.2) is 5.96 Å². The molecule has 1 amide bonds. The van der Waals surface area contributed by atoms with Gasteiger partial charge >= 0.3 is 6.09 Å². The molecule has 0 radical (unpaired) electrons. The van der Waals surface area contributed by atoms with Gasteiger partial charge in [0, 0.05) is 5.69 Å². The predicted octanol–water partition coefficient (Wildman–Crippen LogP) is 3.59. The van der Waals surface area contributed by atoms with Crippen molar-refractivity contribution < 1.29 is 14.3 Å². The minimum atomic E-state index is -0.538. The molecule has 1 rings (SSSR count). The van der Waals surface area contributed by atoms with Crippen LogP contribution in [0.4, 0.5) is 10.5 Å². The molecule has 0 saturated heterocycles. The van der Waals surface area contributed by atoms with Crippen LogP contribution in [0.15, 0.2) is 29.3 Å². The summed E-state index contributed by atoms with van der Waals surface area (Å²) in [6, 6.07) is 7.18. The van der Waals surface area contributed by atoms with Crippen molar-refractivity contribution in [2.45, 2.75) is 46.3 Å². The Balaban J connectivity index is 0.00000625. The van der Waals surface area contributed by atoms with E-state index in [4.69, 9.17) is 15.2 Å². The highest BCUT2D eigenvalue weighted by Gasteiger charge is 2.21. The molecule has 0 aliphatic carbocycles. The number of benzene rings is 1. The van der Waals surface area contributed by atoms with Crippen molar-refractivity contribution in [3.8, 4) is 5.75 Å². The fraction of sp³-hybridized carbons (Fsp3) is 0.556. The molecule has 8 heteroatoms. The summed E-state index contributed by atoms with van der Waals surface area (Å²) in [5.41, 5.74) is 6.19. The lowest BCUT2D eigenvalue weighted by atomic mass is 10.1. The minimum absolute atomic E-state index is 0. The largest absolute Gasteiger partial charge is 0.497 e. The summed E-state index contributed by atoms with van der Waals surface area (Å²) in [6.07, 6.45) is -0.455. The van der Waals surface area contributed by atoms with E-state index in [-0.39, 0.29) is 41.9 Å². The van der Waals surface area contributed by atoms with Gasteiger partial charge < -0.3 is 25.8 Å². The van der Waals surface area contributed by atoms with Crippen molar-refractivity contribution in [2.75, 3.05) is 19.0 Å². The number of anilines is 1. The number of carbonyl (C=O) groups excluding carboxylic acids is 1. The number of nitrogens with one attached hydrogen (secondary N) is 2. The summed E-state index contributed by atoms with van der Waals surface area (Å²) in [6.45, 7) is 9.84. The number of halogens is 1. The average molecular weight is 478 g/mol. The van der Waals surface area contributed by atoms with Crippen LogP contribution in [0.2, 0.25) is 0 Å². The van der Waals surface area contributed by atoms with E-state index in [1.807, 2.05) is 58.9 Å². The Hall–Kier alpha value is -1.71. The molecule has 0 saturated carbocycles. The molecule has 1 unspecified atom stereocenters. The number of nitrogens with two attached hydrogens (primary N) is 1. The van der Waals surface area contributed by atoms with Crippen molar-refractivity contribution >= 4 is 41.7 Å². The van der Waals surface area contributed by atoms with Gasteiger partial charge in [-0.1, -0.05) is 13.8 Å². The molecular weight excluding hydrogens is 447 g/mol. The highest BCUT2D eigenvalue weighted by molar-refractivity contribution is 14.0. The van der Waals surface area contributed by atoms with Gasteiger partial charge in [-0.3, -0.25) is 4.99 Å². The van der Waals surface area contributed by atoms with E-state index in [2.05, 4.69) is 15.6 Å². The second-order valence-corrected chi connectivity index (χ2v) is 7.08. The lowest BCUT2D eigenvalue weighted by Gasteiger charge is -2.25. The Morgan fingerprint density at radius 2 is 1.81 bits per heavy atom. The monoisotopic (exact) mass is 478 g/mol. The van der Waals surface area contributed by atoms with Gasteiger partial charge in [0.05, 0.1) is 19.7 Å². The molecule has 7 nitrogen and oxygen atoms in total. The van der Waals surface area contributed by atoms with Gasteiger partial charge in [-0.05, 0) is 51.0 Å². The Bertz CT molecular complexity index is 583. The first-order valence-corrected chi connectivity index (χ1v) is 8.31. The van der Waals surface area contributed by atoms with Crippen LogP contribution >= 0.6 is 24.0 Å². The van der Waals surface area contributed by atoms with E-state index in [1.54, 1.807) is 7.11 Å². The van der Waals surface area contributed by atoms with Gasteiger partial charge in [0.2, 0.25) is 0 Å². The third-order valence-electron chi connectivity index (χ3n) is 3.33. The number of methoxy groups -OCH3 is 1. The number of ether oxygens (including phenoxy) is 2. The summed E-state index contributed by atoms with van der Waals surface area (Å²) in [4.78, 5) is 16.2. The Labute approximate surface area is 173 Å². The van der Waals surface area contributed by atoms with E-state index < -0.39 is 11.7 Å². The fourth-order valence-electron chi connectivity index (χ4n) is 1.94. The maximum Gasteiger partial charge on any atom is 0.407 e. The summed E-state index contributed by atoms with van der Waals surface area (Å²) >= 11 is 0. The standard InChI is InChI=1S/C18H30N4O3.HI/c1-12(2)15(22-17(23)25-18(3,4)5)11-20-16(19)21-13-7-9-14(24-6)10-8-13;/h7-10,12,15H,11H2,1-6H3,(H,22,23)(H3,19,20,21);1H. The third-order valence-corrected chi connectivity index (χ3v) is 3.33. The first-order valence-electron chi connectivity index (χ1n) is 8.31. The number of rotatable bonds is 6. The summed E-state index contributed by atoms with van der Waals surface area (Å²) < 4.78 is 10.4. The van der Waals surface area contributed by atoms with E-state index in [9.17, 15) is 4.79 Å². The number of aliphatic imine (C=N–C) groups is 1. The number of hydrogen-bond acceptors (Lipinski definition) is 4. The molecule has 0 aliphatic heterocycles. The van der Waals surface area contributed by atoms with Crippen LogP contribution in [-0.4, -0.2) is 37.4 Å². The number of hydrogen-bond donors (Lipinski definition) is 3. The summed E-state index contributed by atoms with van der Waals surface area (Å²) in [5.74, 6) is 1.23. The Kier molecular flexibility index (Phi) is 10.4. The molecule has 0 aromatic heterocycles. The minimum Gasteiger partial charge on any atom is -0.497 e. The maximum atomic E-state index is 11.9. The molecule has 1 atom stereocenters. The highest BCUT2D eigenvalue weighted by atomic mass is 127. The zero-order valence-corrected chi connectivity index (χ0v) is 18.7. The van der Waals surface area contributed by atoms with Gasteiger partial charge in [-0.15, -0.1) is 24.0 Å². The normalized spacial score (nSPS) is 12.8. The lowest BCUT2D eigenvalue weighted by Crippen LogP contribution is -2.44. The van der Waals surface area contributed by atoms with Crippen LogP contribution in [0, 0.1) is 5.92 Å². The number of carbonyl (C=O) groups is 1. The SMILES string of the molecule is COc1ccc(NC(N)=NCC(NC(=O)OC(C)(C)C)C(C)C)cc1.I. The fourth-order valence-corrected chi connectivity index (χ4v) is 1.94. The van der Waals surface area contributed by atoms with Crippen molar-refractivity contribution in [3.63, 3.8) is 0 Å². The molecule has 1 aromatic rings. The van der Waals surface area contributed by atoms with Crippen LogP contribution in [0.3, 0.4) is 0 Å². The van der Waals surface area contributed by atoms with Crippen LogP contribution in [0.25, 0.3) is 0 Å². The first-order chi connectivity index (χ1) is 11.6. The van der Waals surface area contributed by atoms with Crippen molar-refractivity contribution in [1.29, 1.82) is 0 Å². The first kappa shape index (κ1) is 24.3. The van der Waals surface area contributed by atoms with Crippen molar-refractivity contribution in [2.24, 2.45) is 16.6 Å². The lowest BCUT2D eigenvalue weighted by molar-refractivity contribution is 0.0493. The van der Waals surface area contributed by atoms with Crippen LogP contribution in [-0.2, 0) is 4.74 Å². The summed E-state index contributed by atoms with van der Waals surface area (Å²) in [5, 5.41) is 5.85. The second kappa shape index (κ2) is 11.1. The second-order valence-electron chi connectivity index (χ2n) is 7.08. The van der Waals surface area contributed by atoms with Gasteiger partial charge in [0.25, 0.3) is 0 Å². The highest BCUT2D eigenvalue weighted by Crippen LogP contribution is 2.14. The zero-order valence-electron chi connectivity index (χ0n) is 16.3. The van der Waals surface area contributed by atoms with Crippen molar-refractivity contribution in [1.82, 2.24) is 5.32 Å². The number of alkyl carbamates (subject to hydrolysis) is 1. The quantitative estimate of drug-likeness (QED) is 0.330. The van der Waals surface area contributed by atoms with E-state index in [0.717, 1.165) is 11.4 Å². The molecule has 4 N–H and O–H groups in total. The molecule has 0 heterocycles. The topological polar surface area (TPSA) is 98.0 Å². The van der Waals surface area contributed by atoms with Crippen LogP contribution in [0.1, 0.15) is 34.6 Å². The molecule has 0 bridgehead atoms. The average Bonchev–Trinajstić information content (AvgIpc) is 2.50. The predicted molar refractivity (Wildman–Crippen MR) is 117 cm³/mol. The van der Waals surface area contributed by atoms with Gasteiger partial charge in [-0.25, -0.2) is 4.79 Å². The maximum absolute atomic E-state index is 11.9. The Morgan fingerprint density at radius 3 is 2.27 bits per heavy atom. The molecule has 0 spiro atoms. The molecule has 148 valence electrons. The third kappa shape index (κ3) is 9.69. The van der Waals surface area contributed by atoms with Crippen molar-refractivity contribution in [3.05, 3.63) is 24.3 Å². The smallest absolute Gasteiger partial charge is 0.407 e. The zero-order chi connectivity index (χ0) is 19.0. The van der Waals surface area contributed by atoms with E-state index >= 15 is 0 Å². The van der Waals surface area contributed by atoms with E-state index in [0.29, 0.717) is 6.54 Å². The molecule has 0 fully saturated rings. The number of nitrogens with zero attached hydrogens (tertiary/aromatic N) is 1. The van der Waals surface area contributed by atoms with E-state index in [1.165, 1.54) is 0 Å². The van der Waals surface area contributed by atoms with Gasteiger partial charge in [-0.2, -0.15) is 0 Å². The molecule has 26 heavy (non-hydrogen) atoms. The van der Waals surface area contributed by atoms with Crippen LogP contribution < -0.4 is 21.1 Å². The number of amides is 1. The molecule has 0 aliphatic rings. The molecule has 1 aromatic carbocycles. The van der Waals surface area contributed by atoms with Gasteiger partial charge in [0.1, 0.15) is 11.4 Å². The summed E-state index contributed by atoms with van der Waals surface area (Å²) in [7, 11) is 1.61. The van der Waals surface area contributed by atoms with Crippen LogP contribution in [0.5, 0.6) is 5.75 Å². The molecular formula is C18H31IN4O3. The Morgan fingerprint density at radius 1 is 1.23 bits per heavy atom.